The number of H-pyrrole nitrogens is 1. The zero-order valence-corrected chi connectivity index (χ0v) is 18.1. The van der Waals surface area contributed by atoms with E-state index in [2.05, 4.69) is 44.5 Å². The molecule has 0 amide bonds. The molecule has 2 heterocycles. The van der Waals surface area contributed by atoms with Gasteiger partial charge in [-0.3, -0.25) is 0 Å². The van der Waals surface area contributed by atoms with Crippen molar-refractivity contribution < 1.29 is 4.74 Å². The van der Waals surface area contributed by atoms with Gasteiger partial charge in [-0.25, -0.2) is 5.10 Å². The third-order valence-electron chi connectivity index (χ3n) is 5.26. The van der Waals surface area contributed by atoms with Gasteiger partial charge in [0.25, 0.3) is 0 Å². The largest absolute Gasteiger partial charge is 0.493 e. The molecule has 0 bridgehead atoms. The van der Waals surface area contributed by atoms with E-state index in [-0.39, 0.29) is 0 Å². The van der Waals surface area contributed by atoms with E-state index in [1.165, 1.54) is 31.4 Å². The van der Waals surface area contributed by atoms with E-state index < -0.39 is 0 Å². The molecule has 6 nitrogen and oxygen atoms in total. The Labute approximate surface area is 182 Å². The van der Waals surface area contributed by atoms with E-state index in [1.807, 2.05) is 37.4 Å². The molecule has 7 heteroatoms. The molecule has 0 saturated carbocycles. The first-order valence-electron chi connectivity index (χ1n) is 10.6. The Bertz CT molecular complexity index is 1050. The van der Waals surface area contributed by atoms with E-state index >= 15 is 0 Å². The Balaban J connectivity index is 1.57. The summed E-state index contributed by atoms with van der Waals surface area (Å²) in [6.07, 6.45) is 7.02. The van der Waals surface area contributed by atoms with E-state index in [0.717, 1.165) is 30.0 Å². The molecule has 1 N–H and O–H groups in total. The zero-order chi connectivity index (χ0) is 20.8. The molecule has 0 radical (unpaired) electrons. The summed E-state index contributed by atoms with van der Waals surface area (Å²) >= 11 is 5.40. The van der Waals surface area contributed by atoms with Crippen LogP contribution in [-0.4, -0.2) is 40.8 Å². The van der Waals surface area contributed by atoms with Crippen molar-refractivity contribution in [2.24, 2.45) is 5.10 Å². The Morgan fingerprint density at radius 2 is 1.80 bits per heavy atom. The molecule has 156 valence electrons. The smallest absolute Gasteiger partial charge is 0.216 e. The lowest BCUT2D eigenvalue weighted by Crippen LogP contribution is -2.23. The van der Waals surface area contributed by atoms with Crippen LogP contribution in [0.2, 0.25) is 0 Å². The first-order valence-corrected chi connectivity index (χ1v) is 11.0. The lowest BCUT2D eigenvalue weighted by Gasteiger charge is -2.22. The minimum atomic E-state index is 0.439. The lowest BCUT2D eigenvalue weighted by atomic mass is 10.2. The van der Waals surface area contributed by atoms with Crippen molar-refractivity contribution in [1.82, 2.24) is 14.9 Å². The van der Waals surface area contributed by atoms with Crippen LogP contribution in [0.25, 0.3) is 11.4 Å². The van der Waals surface area contributed by atoms with Crippen molar-refractivity contribution in [3.63, 3.8) is 0 Å². The number of hydrogen-bond acceptors (Lipinski definition) is 5. The van der Waals surface area contributed by atoms with Crippen LogP contribution in [0, 0.1) is 4.77 Å². The highest BCUT2D eigenvalue weighted by Gasteiger charge is 2.13. The molecule has 1 aromatic heterocycles. The fourth-order valence-corrected chi connectivity index (χ4v) is 3.91. The maximum atomic E-state index is 5.74. The van der Waals surface area contributed by atoms with Gasteiger partial charge in [0.1, 0.15) is 5.75 Å². The van der Waals surface area contributed by atoms with Crippen LogP contribution >= 0.6 is 12.2 Å². The summed E-state index contributed by atoms with van der Waals surface area (Å²) in [4.78, 5) is 2.48. The summed E-state index contributed by atoms with van der Waals surface area (Å²) in [6, 6.07) is 16.3. The van der Waals surface area contributed by atoms with Gasteiger partial charge in [0, 0.05) is 18.8 Å². The Hall–Kier alpha value is -2.93. The van der Waals surface area contributed by atoms with Crippen molar-refractivity contribution in [3.05, 3.63) is 58.9 Å². The molecule has 30 heavy (non-hydrogen) atoms. The summed E-state index contributed by atoms with van der Waals surface area (Å²) in [6.45, 7) is 4.82. The van der Waals surface area contributed by atoms with Crippen LogP contribution in [0.5, 0.6) is 5.75 Å². The van der Waals surface area contributed by atoms with Gasteiger partial charge < -0.3 is 9.64 Å². The summed E-state index contributed by atoms with van der Waals surface area (Å²) in [7, 11) is 0. The second-order valence-electron chi connectivity index (χ2n) is 7.33. The van der Waals surface area contributed by atoms with Gasteiger partial charge in [0.2, 0.25) is 4.77 Å². The number of aromatic nitrogens is 3. The fourth-order valence-electron chi connectivity index (χ4n) is 3.73. The highest BCUT2D eigenvalue weighted by atomic mass is 32.1. The Morgan fingerprint density at radius 3 is 2.53 bits per heavy atom. The van der Waals surface area contributed by atoms with Crippen LogP contribution in [0.3, 0.4) is 0 Å². The first kappa shape index (κ1) is 20.3. The van der Waals surface area contributed by atoms with E-state index in [1.54, 1.807) is 4.68 Å². The summed E-state index contributed by atoms with van der Waals surface area (Å²) in [5, 5.41) is 11.8. The van der Waals surface area contributed by atoms with E-state index in [9.17, 15) is 0 Å². The fraction of sp³-hybridized carbons (Fsp3) is 0.348. The second-order valence-corrected chi connectivity index (χ2v) is 7.72. The molecular formula is C23H27N5OS. The third kappa shape index (κ3) is 4.62. The predicted octanol–water partition coefficient (Wildman–Crippen LogP) is 5.27. The van der Waals surface area contributed by atoms with Crippen LogP contribution in [-0.2, 0) is 0 Å². The van der Waals surface area contributed by atoms with E-state index in [0.29, 0.717) is 17.2 Å². The van der Waals surface area contributed by atoms with Crippen LogP contribution in [0.4, 0.5) is 5.69 Å². The van der Waals surface area contributed by atoms with Gasteiger partial charge in [-0.1, -0.05) is 37.1 Å². The Kier molecular flexibility index (Phi) is 6.59. The molecule has 4 rings (SSSR count). The predicted molar refractivity (Wildman–Crippen MR) is 124 cm³/mol. The number of hydrogen-bond donors (Lipinski definition) is 1. The highest BCUT2D eigenvalue weighted by molar-refractivity contribution is 7.71. The number of nitrogens with zero attached hydrogens (tertiary/aromatic N) is 4. The topological polar surface area (TPSA) is 58.4 Å². The normalized spacial score (nSPS) is 14.8. The average Bonchev–Trinajstić information content (AvgIpc) is 2.96. The van der Waals surface area contributed by atoms with Crippen molar-refractivity contribution in [3.8, 4) is 17.1 Å². The van der Waals surface area contributed by atoms with Gasteiger partial charge in [0.05, 0.1) is 18.4 Å². The van der Waals surface area contributed by atoms with E-state index in [4.69, 9.17) is 17.0 Å². The molecule has 1 saturated heterocycles. The minimum absolute atomic E-state index is 0.439. The number of para-hydroxylation sites is 1. The molecular weight excluding hydrogens is 394 g/mol. The van der Waals surface area contributed by atoms with Crippen molar-refractivity contribution >= 4 is 24.1 Å². The van der Waals surface area contributed by atoms with Gasteiger partial charge in [0.15, 0.2) is 5.82 Å². The number of aromatic amines is 1. The van der Waals surface area contributed by atoms with Crippen LogP contribution < -0.4 is 9.64 Å². The number of anilines is 1. The van der Waals surface area contributed by atoms with Crippen molar-refractivity contribution in [2.45, 2.75) is 32.6 Å². The number of nitrogens with one attached hydrogen (secondary N) is 1. The quantitative estimate of drug-likeness (QED) is 0.435. The maximum absolute atomic E-state index is 5.74. The maximum Gasteiger partial charge on any atom is 0.216 e. The van der Waals surface area contributed by atoms with Crippen LogP contribution in [0.1, 0.15) is 38.2 Å². The first-order chi connectivity index (χ1) is 14.8. The highest BCUT2D eigenvalue weighted by Crippen LogP contribution is 2.28. The number of benzene rings is 2. The monoisotopic (exact) mass is 421 g/mol. The SMILES string of the molecule is CCOc1ccccc1-c1n[nH]c(=S)n1/N=C\c1ccc(N2CCCCCC2)cc1. The Morgan fingerprint density at radius 1 is 1.07 bits per heavy atom. The van der Waals surface area contributed by atoms with Gasteiger partial charge in [-0.2, -0.15) is 14.9 Å². The molecule has 0 atom stereocenters. The second kappa shape index (κ2) is 9.71. The van der Waals surface area contributed by atoms with Gasteiger partial charge in [-0.05, 0) is 61.8 Å². The number of rotatable bonds is 6. The third-order valence-corrected chi connectivity index (χ3v) is 5.53. The summed E-state index contributed by atoms with van der Waals surface area (Å²) in [5.74, 6) is 1.38. The summed E-state index contributed by atoms with van der Waals surface area (Å²) in [5.41, 5.74) is 3.14. The summed E-state index contributed by atoms with van der Waals surface area (Å²) < 4.78 is 7.81. The molecule has 0 unspecified atom stereocenters. The van der Waals surface area contributed by atoms with Gasteiger partial charge >= 0.3 is 0 Å². The molecule has 1 aliphatic heterocycles. The molecule has 1 fully saturated rings. The lowest BCUT2D eigenvalue weighted by molar-refractivity contribution is 0.341. The standard InChI is InChI=1S/C23H27N5OS/c1-2-29-21-10-6-5-9-20(21)22-25-26-23(30)28(22)24-17-18-11-13-19(14-12-18)27-15-7-3-4-8-16-27/h5-6,9-14,17H,2-4,7-8,15-16H2,1H3,(H,26,30)/b24-17-. The molecule has 2 aromatic carbocycles. The zero-order valence-electron chi connectivity index (χ0n) is 17.3. The number of ether oxygens (including phenoxy) is 1. The van der Waals surface area contributed by atoms with Crippen molar-refractivity contribution in [2.75, 3.05) is 24.6 Å². The van der Waals surface area contributed by atoms with Crippen LogP contribution in [0.15, 0.2) is 53.6 Å². The van der Waals surface area contributed by atoms with Gasteiger partial charge in [-0.15, -0.1) is 0 Å². The molecule has 0 spiro atoms. The molecule has 1 aliphatic rings. The minimum Gasteiger partial charge on any atom is -0.493 e. The average molecular weight is 422 g/mol. The molecule has 3 aromatic rings. The van der Waals surface area contributed by atoms with Crippen molar-refractivity contribution in [1.29, 1.82) is 0 Å². The molecule has 0 aliphatic carbocycles.